The quantitative estimate of drug-likeness (QED) is 0.275. The van der Waals surface area contributed by atoms with Gasteiger partial charge in [0, 0.05) is 38.7 Å². The van der Waals surface area contributed by atoms with Crippen molar-refractivity contribution in [3.63, 3.8) is 0 Å². The number of nitrogens with zero attached hydrogens (tertiary/aromatic N) is 4. The summed E-state index contributed by atoms with van der Waals surface area (Å²) in [5, 5.41) is 12.2. The number of rotatable bonds is 5. The van der Waals surface area contributed by atoms with Crippen LogP contribution in [0.15, 0.2) is 61.1 Å². The lowest BCUT2D eigenvalue weighted by Crippen LogP contribution is -2.34. The molecule has 7 rings (SSSR count). The van der Waals surface area contributed by atoms with Crippen LogP contribution in [-0.4, -0.2) is 49.3 Å². The van der Waals surface area contributed by atoms with Crippen molar-refractivity contribution in [3.8, 4) is 38.8 Å². The molecule has 1 aliphatic rings. The molecule has 0 unspecified atom stereocenters. The molecule has 0 radical (unpaired) electrons. The van der Waals surface area contributed by atoms with E-state index in [9.17, 15) is 0 Å². The first kappa shape index (κ1) is 22.1. The minimum atomic E-state index is 0.216. The second-order valence-electron chi connectivity index (χ2n) is 9.36. The van der Waals surface area contributed by atoms with Gasteiger partial charge in [-0.3, -0.25) is 10.1 Å². The van der Waals surface area contributed by atoms with Crippen molar-refractivity contribution in [2.45, 2.75) is 25.9 Å². The van der Waals surface area contributed by atoms with E-state index in [2.05, 4.69) is 61.7 Å². The fourth-order valence-electron chi connectivity index (χ4n) is 4.93. The molecule has 0 amide bonds. The van der Waals surface area contributed by atoms with Crippen LogP contribution in [0, 0.1) is 6.92 Å². The minimum Gasteiger partial charge on any atom is -0.489 e. The average Bonchev–Trinajstić information content (AvgIpc) is 3.66. The van der Waals surface area contributed by atoms with Crippen molar-refractivity contribution in [2.75, 3.05) is 13.1 Å². The van der Waals surface area contributed by atoms with Gasteiger partial charge in [0.05, 0.1) is 23.1 Å². The molecule has 6 aromatic rings. The molecule has 1 saturated heterocycles. The molecule has 3 N–H and O–H groups in total. The fraction of sp³-hybridized carbons (Fsp3) is 0.214. The van der Waals surface area contributed by atoms with Crippen LogP contribution in [0.2, 0.25) is 0 Å². The van der Waals surface area contributed by atoms with E-state index in [0.717, 1.165) is 82.0 Å². The van der Waals surface area contributed by atoms with Gasteiger partial charge in [-0.05, 0) is 75.3 Å². The highest BCUT2D eigenvalue weighted by atomic mass is 32.1. The Bertz CT molecular complexity index is 1730. The monoisotopic (exact) mass is 507 g/mol. The van der Waals surface area contributed by atoms with Gasteiger partial charge in [0.15, 0.2) is 0 Å². The SMILES string of the molecule is Cc1ccc(-c2ccnc3[nH]c(-c4n[nH]c5ccc(-c6cncc(OC7CCNCC7)c6)nc45)cc23)s1. The Morgan fingerprint density at radius 1 is 1.03 bits per heavy atom. The molecule has 184 valence electrons. The lowest BCUT2D eigenvalue weighted by atomic mass is 10.1. The summed E-state index contributed by atoms with van der Waals surface area (Å²) in [6.45, 7) is 4.09. The summed E-state index contributed by atoms with van der Waals surface area (Å²) in [6, 6.07) is 14.5. The Morgan fingerprint density at radius 2 is 1.95 bits per heavy atom. The van der Waals surface area contributed by atoms with E-state index >= 15 is 0 Å². The zero-order chi connectivity index (χ0) is 24.8. The standard InChI is InChI=1S/C28H25N7OS/c1-16-2-5-25(37-16)20-8-11-31-28-21(20)13-24(33-28)27-26-23(34-35-27)4-3-22(32-26)17-12-19(15-30-14-17)36-18-6-9-29-10-7-18/h2-5,8,11-15,18,29H,6-7,9-10H2,1H3,(H,31,33)(H,34,35). The summed E-state index contributed by atoms with van der Waals surface area (Å²) < 4.78 is 6.21. The highest BCUT2D eigenvalue weighted by molar-refractivity contribution is 7.15. The van der Waals surface area contributed by atoms with E-state index < -0.39 is 0 Å². The van der Waals surface area contributed by atoms with Crippen LogP contribution in [-0.2, 0) is 0 Å². The number of hydrogen-bond acceptors (Lipinski definition) is 7. The number of aromatic amines is 2. The van der Waals surface area contributed by atoms with E-state index in [1.54, 1.807) is 17.5 Å². The summed E-state index contributed by atoms with van der Waals surface area (Å²) in [6.07, 6.45) is 7.66. The molecule has 6 aromatic heterocycles. The second kappa shape index (κ2) is 9.10. The van der Waals surface area contributed by atoms with Crippen molar-refractivity contribution in [2.24, 2.45) is 0 Å². The third-order valence-electron chi connectivity index (χ3n) is 6.80. The number of hydrogen-bond donors (Lipinski definition) is 3. The Labute approximate surface area is 217 Å². The highest BCUT2D eigenvalue weighted by Gasteiger charge is 2.18. The molecule has 37 heavy (non-hydrogen) atoms. The van der Waals surface area contributed by atoms with E-state index in [1.165, 1.54) is 9.75 Å². The van der Waals surface area contributed by atoms with Crippen LogP contribution >= 0.6 is 11.3 Å². The number of piperidine rings is 1. The number of nitrogens with one attached hydrogen (secondary N) is 3. The van der Waals surface area contributed by atoms with Crippen molar-refractivity contribution >= 4 is 33.4 Å². The van der Waals surface area contributed by atoms with Gasteiger partial charge in [0.2, 0.25) is 0 Å². The predicted molar refractivity (Wildman–Crippen MR) is 147 cm³/mol. The first-order valence-corrected chi connectivity index (χ1v) is 13.3. The molecular weight excluding hydrogens is 482 g/mol. The highest BCUT2D eigenvalue weighted by Crippen LogP contribution is 2.36. The van der Waals surface area contributed by atoms with E-state index in [-0.39, 0.29) is 6.10 Å². The summed E-state index contributed by atoms with van der Waals surface area (Å²) in [5.41, 5.74) is 7.03. The molecule has 0 saturated carbocycles. The lowest BCUT2D eigenvalue weighted by molar-refractivity contribution is 0.162. The van der Waals surface area contributed by atoms with Crippen molar-refractivity contribution in [3.05, 3.63) is 65.9 Å². The maximum atomic E-state index is 6.21. The van der Waals surface area contributed by atoms with Gasteiger partial charge in [-0.2, -0.15) is 5.10 Å². The van der Waals surface area contributed by atoms with Crippen LogP contribution in [0.25, 0.3) is 55.2 Å². The van der Waals surface area contributed by atoms with Gasteiger partial charge < -0.3 is 15.0 Å². The average molecular weight is 508 g/mol. The van der Waals surface area contributed by atoms with Crippen LogP contribution in [0.1, 0.15) is 17.7 Å². The minimum absolute atomic E-state index is 0.216. The Hall–Kier alpha value is -4.08. The number of fused-ring (bicyclic) bond motifs is 2. The topological polar surface area (TPSA) is 104 Å². The summed E-state index contributed by atoms with van der Waals surface area (Å²) >= 11 is 1.78. The largest absolute Gasteiger partial charge is 0.489 e. The van der Waals surface area contributed by atoms with Gasteiger partial charge in [-0.15, -0.1) is 11.3 Å². The molecule has 1 aliphatic heterocycles. The van der Waals surface area contributed by atoms with Crippen LogP contribution in [0.5, 0.6) is 5.75 Å². The lowest BCUT2D eigenvalue weighted by Gasteiger charge is -2.23. The fourth-order valence-corrected chi connectivity index (χ4v) is 5.83. The molecule has 1 fully saturated rings. The number of aromatic nitrogens is 6. The molecule has 7 heterocycles. The first-order chi connectivity index (χ1) is 18.2. The number of ether oxygens (including phenoxy) is 1. The number of H-pyrrole nitrogens is 2. The molecule has 0 atom stereocenters. The van der Waals surface area contributed by atoms with Crippen LogP contribution < -0.4 is 10.1 Å². The Balaban J connectivity index is 1.26. The normalized spacial score (nSPS) is 14.5. The van der Waals surface area contributed by atoms with Crippen LogP contribution in [0.3, 0.4) is 0 Å². The molecular formula is C28H25N7OS. The van der Waals surface area contributed by atoms with Crippen molar-refractivity contribution < 1.29 is 4.74 Å². The van der Waals surface area contributed by atoms with Gasteiger partial charge in [0.1, 0.15) is 28.7 Å². The maximum absolute atomic E-state index is 6.21. The molecule has 8 nitrogen and oxygen atoms in total. The zero-order valence-corrected chi connectivity index (χ0v) is 21.1. The van der Waals surface area contributed by atoms with E-state index in [4.69, 9.17) is 9.72 Å². The van der Waals surface area contributed by atoms with Crippen molar-refractivity contribution in [1.82, 2.24) is 35.5 Å². The van der Waals surface area contributed by atoms with E-state index in [0.29, 0.717) is 0 Å². The smallest absolute Gasteiger partial charge is 0.138 e. The Kier molecular flexibility index (Phi) is 5.44. The third kappa shape index (κ3) is 4.16. The predicted octanol–water partition coefficient (Wildman–Crippen LogP) is 5.73. The maximum Gasteiger partial charge on any atom is 0.138 e. The summed E-state index contributed by atoms with van der Waals surface area (Å²) in [4.78, 5) is 19.9. The molecule has 0 aliphatic carbocycles. The molecule has 9 heteroatoms. The third-order valence-corrected chi connectivity index (χ3v) is 7.83. The van der Waals surface area contributed by atoms with Gasteiger partial charge in [-0.25, -0.2) is 9.97 Å². The van der Waals surface area contributed by atoms with Gasteiger partial charge in [-0.1, -0.05) is 0 Å². The van der Waals surface area contributed by atoms with Crippen LogP contribution in [0.4, 0.5) is 0 Å². The Morgan fingerprint density at radius 3 is 2.81 bits per heavy atom. The molecule has 0 spiro atoms. The van der Waals surface area contributed by atoms with Gasteiger partial charge in [0.25, 0.3) is 0 Å². The first-order valence-electron chi connectivity index (χ1n) is 12.4. The molecule has 0 aromatic carbocycles. The van der Waals surface area contributed by atoms with Gasteiger partial charge >= 0.3 is 0 Å². The number of aryl methyl sites for hydroxylation is 1. The van der Waals surface area contributed by atoms with Crippen molar-refractivity contribution in [1.29, 1.82) is 0 Å². The number of thiophene rings is 1. The zero-order valence-electron chi connectivity index (χ0n) is 20.3. The second-order valence-corrected chi connectivity index (χ2v) is 10.6. The summed E-state index contributed by atoms with van der Waals surface area (Å²) in [7, 11) is 0. The summed E-state index contributed by atoms with van der Waals surface area (Å²) in [5.74, 6) is 0.775. The van der Waals surface area contributed by atoms with E-state index in [1.807, 2.05) is 30.6 Å². The number of pyridine rings is 3. The molecule has 0 bridgehead atoms.